The van der Waals surface area contributed by atoms with Crippen molar-refractivity contribution in [1.29, 1.82) is 0 Å². The maximum Gasteiger partial charge on any atom is 0.244 e. The highest BCUT2D eigenvalue weighted by Crippen LogP contribution is 2.33. The molecule has 8 heteroatoms. The molecule has 142 valence electrons. The lowest BCUT2D eigenvalue weighted by Crippen LogP contribution is -2.29. The predicted molar refractivity (Wildman–Crippen MR) is 105 cm³/mol. The molecule has 1 fully saturated rings. The summed E-state index contributed by atoms with van der Waals surface area (Å²) in [5, 5.41) is 8.20. The number of nitrogens with one attached hydrogen (secondary N) is 1. The van der Waals surface area contributed by atoms with Crippen molar-refractivity contribution in [2.75, 3.05) is 26.8 Å². The molecule has 27 heavy (non-hydrogen) atoms. The van der Waals surface area contributed by atoms with E-state index < -0.39 is 10.0 Å². The molecule has 1 aliphatic rings. The average Bonchev–Trinajstić information content (AvgIpc) is 3.30. The topological polar surface area (TPSA) is 75.3 Å². The van der Waals surface area contributed by atoms with Crippen LogP contribution in [0.2, 0.25) is 5.02 Å². The minimum absolute atomic E-state index is 0.147. The van der Waals surface area contributed by atoms with Crippen molar-refractivity contribution in [3.8, 4) is 11.1 Å². The fourth-order valence-electron chi connectivity index (χ4n) is 3.53. The molecule has 0 saturated carbocycles. The molecule has 1 N–H and O–H groups in total. The minimum Gasteiger partial charge on any atom is -0.384 e. The van der Waals surface area contributed by atoms with E-state index in [1.54, 1.807) is 31.5 Å². The number of ether oxygens (including phenoxy) is 1. The third-order valence-corrected chi connectivity index (χ3v) is 7.32. The Labute approximate surface area is 163 Å². The van der Waals surface area contributed by atoms with Crippen molar-refractivity contribution in [2.45, 2.75) is 11.3 Å². The molecule has 6 nitrogen and oxygen atoms in total. The third kappa shape index (κ3) is 3.48. The van der Waals surface area contributed by atoms with Crippen molar-refractivity contribution in [1.82, 2.24) is 14.5 Å². The first kappa shape index (κ1) is 18.4. The molecule has 2 heterocycles. The number of halogens is 1. The van der Waals surface area contributed by atoms with E-state index in [2.05, 4.69) is 10.2 Å². The molecule has 0 aliphatic carbocycles. The Kier molecular flexibility index (Phi) is 4.94. The Bertz CT molecular complexity index is 1080. The Morgan fingerprint density at radius 3 is 2.81 bits per heavy atom. The molecule has 2 aromatic carbocycles. The highest BCUT2D eigenvalue weighted by Gasteiger charge is 2.33. The van der Waals surface area contributed by atoms with E-state index in [-0.39, 0.29) is 15.8 Å². The number of H-pyrrole nitrogens is 1. The van der Waals surface area contributed by atoms with Gasteiger partial charge in [-0.05, 0) is 41.7 Å². The van der Waals surface area contributed by atoms with Gasteiger partial charge in [-0.3, -0.25) is 5.10 Å². The van der Waals surface area contributed by atoms with Gasteiger partial charge in [-0.25, -0.2) is 8.42 Å². The van der Waals surface area contributed by atoms with Gasteiger partial charge < -0.3 is 4.74 Å². The second-order valence-electron chi connectivity index (χ2n) is 6.79. The largest absolute Gasteiger partial charge is 0.384 e. The SMILES string of the molecule is COCC1CCN(S(=O)(=O)c2ccc(-c3ccc4cn[nH]c4c3)cc2Cl)C1. The lowest BCUT2D eigenvalue weighted by atomic mass is 10.0. The maximum atomic E-state index is 13.0. The van der Waals surface area contributed by atoms with Crippen LogP contribution in [0.4, 0.5) is 0 Å². The van der Waals surface area contributed by atoms with Crippen LogP contribution in [0.15, 0.2) is 47.5 Å². The molecular weight excluding hydrogens is 386 g/mol. The Balaban J connectivity index is 1.63. The van der Waals surface area contributed by atoms with Crippen LogP contribution in [0, 0.1) is 5.92 Å². The van der Waals surface area contributed by atoms with Gasteiger partial charge in [-0.15, -0.1) is 0 Å². The van der Waals surface area contributed by atoms with Gasteiger partial charge in [0.1, 0.15) is 4.90 Å². The number of benzene rings is 2. The minimum atomic E-state index is -3.62. The van der Waals surface area contributed by atoms with Crippen molar-refractivity contribution < 1.29 is 13.2 Å². The summed E-state index contributed by atoms with van der Waals surface area (Å²) in [6, 6.07) is 11.0. The van der Waals surface area contributed by atoms with Crippen molar-refractivity contribution in [3.63, 3.8) is 0 Å². The molecule has 1 aromatic heterocycles. The summed E-state index contributed by atoms with van der Waals surface area (Å²) in [7, 11) is -1.98. The van der Waals surface area contributed by atoms with Crippen LogP contribution >= 0.6 is 11.6 Å². The van der Waals surface area contributed by atoms with Gasteiger partial charge in [0.15, 0.2) is 0 Å². The van der Waals surface area contributed by atoms with Crippen LogP contribution in [0.25, 0.3) is 22.0 Å². The lowest BCUT2D eigenvalue weighted by molar-refractivity contribution is 0.157. The highest BCUT2D eigenvalue weighted by atomic mass is 35.5. The van der Waals surface area contributed by atoms with E-state index in [0.29, 0.717) is 19.7 Å². The summed E-state index contributed by atoms with van der Waals surface area (Å²) in [6.45, 7) is 1.52. The zero-order chi connectivity index (χ0) is 19.0. The van der Waals surface area contributed by atoms with Crippen molar-refractivity contribution in [3.05, 3.63) is 47.6 Å². The highest BCUT2D eigenvalue weighted by molar-refractivity contribution is 7.89. The molecule has 1 saturated heterocycles. The summed E-state index contributed by atoms with van der Waals surface area (Å²) >= 11 is 6.39. The number of methoxy groups -OCH3 is 1. The number of hydrogen-bond donors (Lipinski definition) is 1. The van der Waals surface area contributed by atoms with Gasteiger partial charge >= 0.3 is 0 Å². The lowest BCUT2D eigenvalue weighted by Gasteiger charge is -2.18. The van der Waals surface area contributed by atoms with Gasteiger partial charge in [0, 0.05) is 25.6 Å². The number of rotatable bonds is 5. The van der Waals surface area contributed by atoms with Crippen molar-refractivity contribution in [2.24, 2.45) is 5.92 Å². The fraction of sp³-hybridized carbons (Fsp3) is 0.316. The van der Waals surface area contributed by atoms with E-state index >= 15 is 0 Å². The van der Waals surface area contributed by atoms with E-state index in [9.17, 15) is 8.42 Å². The van der Waals surface area contributed by atoms with Gasteiger partial charge in [0.05, 0.1) is 23.3 Å². The number of nitrogens with zero attached hydrogens (tertiary/aromatic N) is 2. The monoisotopic (exact) mass is 405 g/mol. The fourth-order valence-corrected chi connectivity index (χ4v) is 5.58. The smallest absolute Gasteiger partial charge is 0.244 e. The third-order valence-electron chi connectivity index (χ3n) is 4.98. The average molecular weight is 406 g/mol. The first-order valence-corrected chi connectivity index (χ1v) is 10.5. The zero-order valence-electron chi connectivity index (χ0n) is 14.9. The number of sulfonamides is 1. The molecule has 0 radical (unpaired) electrons. The molecule has 1 aliphatic heterocycles. The van der Waals surface area contributed by atoms with Gasteiger partial charge in [-0.2, -0.15) is 9.40 Å². The van der Waals surface area contributed by atoms with Gasteiger partial charge in [0.2, 0.25) is 10.0 Å². The van der Waals surface area contributed by atoms with Crippen LogP contribution < -0.4 is 0 Å². The predicted octanol–water partition coefficient (Wildman–Crippen LogP) is 3.54. The van der Waals surface area contributed by atoms with Crippen LogP contribution in [0.3, 0.4) is 0 Å². The zero-order valence-corrected chi connectivity index (χ0v) is 16.4. The number of aromatic amines is 1. The Hall–Kier alpha value is -1.93. The van der Waals surface area contributed by atoms with E-state index in [1.807, 2.05) is 18.2 Å². The summed E-state index contributed by atoms with van der Waals surface area (Å²) in [4.78, 5) is 0.147. The molecule has 0 bridgehead atoms. The quantitative estimate of drug-likeness (QED) is 0.704. The molecule has 0 amide bonds. The van der Waals surface area contributed by atoms with E-state index in [0.717, 1.165) is 28.5 Å². The van der Waals surface area contributed by atoms with Crippen molar-refractivity contribution >= 4 is 32.5 Å². The molecular formula is C19H20ClN3O3S. The number of hydrogen-bond acceptors (Lipinski definition) is 4. The number of fused-ring (bicyclic) bond motifs is 1. The summed E-state index contributed by atoms with van der Waals surface area (Å²) in [5.74, 6) is 0.226. The normalized spacial score (nSPS) is 18.4. The maximum absolute atomic E-state index is 13.0. The molecule has 1 atom stereocenters. The van der Waals surface area contributed by atoms with E-state index in [4.69, 9.17) is 16.3 Å². The summed E-state index contributed by atoms with van der Waals surface area (Å²) < 4.78 is 32.6. The van der Waals surface area contributed by atoms with Gasteiger partial charge in [0.25, 0.3) is 0 Å². The molecule has 3 aromatic rings. The molecule has 1 unspecified atom stereocenters. The standard InChI is InChI=1S/C19H20ClN3O3S/c1-26-12-13-6-7-23(11-13)27(24,25)19-5-4-14(8-17(19)20)15-2-3-16-10-21-22-18(16)9-15/h2-5,8-10,13H,6-7,11-12H2,1H3,(H,21,22). The summed E-state index contributed by atoms with van der Waals surface area (Å²) in [6.07, 6.45) is 2.56. The second-order valence-corrected chi connectivity index (χ2v) is 9.10. The van der Waals surface area contributed by atoms with Crippen LogP contribution in [-0.4, -0.2) is 49.7 Å². The first-order chi connectivity index (χ1) is 13.0. The molecule has 4 rings (SSSR count). The van der Waals surface area contributed by atoms with Gasteiger partial charge in [-0.1, -0.05) is 29.8 Å². The number of aromatic nitrogens is 2. The Morgan fingerprint density at radius 1 is 1.26 bits per heavy atom. The second kappa shape index (κ2) is 7.24. The van der Waals surface area contributed by atoms with Crippen LogP contribution in [0.1, 0.15) is 6.42 Å². The molecule has 0 spiro atoms. The van der Waals surface area contributed by atoms with Crippen LogP contribution in [-0.2, 0) is 14.8 Å². The van der Waals surface area contributed by atoms with E-state index in [1.165, 1.54) is 4.31 Å². The Morgan fingerprint density at radius 2 is 2.04 bits per heavy atom. The van der Waals surface area contributed by atoms with Crippen LogP contribution in [0.5, 0.6) is 0 Å². The first-order valence-electron chi connectivity index (χ1n) is 8.71. The summed E-state index contributed by atoms with van der Waals surface area (Å²) in [5.41, 5.74) is 2.72.